The normalized spacial score (nSPS) is 11.5. The maximum Gasteiger partial charge on any atom is 0.528 e. The minimum atomic E-state index is -4.05. The summed E-state index contributed by atoms with van der Waals surface area (Å²) in [6, 6.07) is 8.57. The number of rotatable bonds is 1. The Balaban J connectivity index is 2.97. The first-order valence-corrected chi connectivity index (χ1v) is 4.58. The lowest BCUT2D eigenvalue weighted by Crippen LogP contribution is -2.48. The highest BCUT2D eigenvalue weighted by Gasteiger charge is 2.29. The number of hydrogen-bond donors (Lipinski definition) is 3. The van der Waals surface area contributed by atoms with Crippen molar-refractivity contribution in [3.63, 3.8) is 0 Å². The van der Waals surface area contributed by atoms with Gasteiger partial charge in [-0.15, -0.1) is 0 Å². The fourth-order valence-electron chi connectivity index (χ4n) is 0.611. The van der Waals surface area contributed by atoms with Gasteiger partial charge in [0.15, 0.2) is 0 Å². The van der Waals surface area contributed by atoms with E-state index in [0.717, 1.165) is 0 Å². The van der Waals surface area contributed by atoms with E-state index in [1.807, 2.05) is 0 Å². The Kier molecular flexibility index (Phi) is 1.86. The summed E-state index contributed by atoms with van der Waals surface area (Å²) in [6.45, 7) is 0. The summed E-state index contributed by atoms with van der Waals surface area (Å²) in [5, 5.41) is 0.172. The fraction of sp³-hybridized carbons (Fsp3) is 0. The van der Waals surface area contributed by atoms with E-state index in [2.05, 4.69) is 6.07 Å². The van der Waals surface area contributed by atoms with E-state index < -0.39 is 8.80 Å². The van der Waals surface area contributed by atoms with Crippen LogP contribution >= 0.6 is 0 Å². The Bertz CT molecular complexity index is 204. The second kappa shape index (κ2) is 2.51. The smallest absolute Gasteiger partial charge is 0.386 e. The molecule has 0 atom stereocenters. The summed E-state index contributed by atoms with van der Waals surface area (Å²) < 4.78 is 0. The van der Waals surface area contributed by atoms with E-state index in [0.29, 0.717) is 0 Å². The molecule has 0 aliphatic carbocycles. The Morgan fingerprint density at radius 2 is 1.60 bits per heavy atom. The van der Waals surface area contributed by atoms with E-state index in [9.17, 15) is 0 Å². The third-order valence-corrected chi connectivity index (χ3v) is 2.21. The monoisotopic (exact) mass is 155 g/mol. The Labute approximate surface area is 59.6 Å². The first-order valence-electron chi connectivity index (χ1n) is 2.74. The summed E-state index contributed by atoms with van der Waals surface area (Å²) in [4.78, 5) is 26.2. The molecule has 53 valence electrons. The molecule has 0 amide bonds. The van der Waals surface area contributed by atoms with Crippen molar-refractivity contribution in [3.8, 4) is 0 Å². The molecule has 0 aromatic heterocycles. The minimum absolute atomic E-state index is 0.172. The minimum Gasteiger partial charge on any atom is -0.386 e. The predicted molar refractivity (Wildman–Crippen MR) is 37.3 cm³/mol. The topological polar surface area (TPSA) is 60.7 Å². The first-order chi connectivity index (χ1) is 4.61. The van der Waals surface area contributed by atoms with E-state index in [1.54, 1.807) is 0 Å². The van der Waals surface area contributed by atoms with Gasteiger partial charge in [-0.2, -0.15) is 0 Å². The molecule has 3 N–H and O–H groups in total. The van der Waals surface area contributed by atoms with Gasteiger partial charge in [0.25, 0.3) is 0 Å². The zero-order chi connectivity index (χ0) is 7.61. The molecule has 0 saturated carbocycles. The molecule has 1 rings (SSSR count). The van der Waals surface area contributed by atoms with Crippen LogP contribution in [-0.4, -0.2) is 23.2 Å². The summed E-state index contributed by atoms with van der Waals surface area (Å²) in [5.41, 5.74) is 0. The van der Waals surface area contributed by atoms with Crippen LogP contribution in [0.25, 0.3) is 0 Å². The van der Waals surface area contributed by atoms with Crippen molar-refractivity contribution in [1.82, 2.24) is 0 Å². The largest absolute Gasteiger partial charge is 0.528 e. The number of benzene rings is 1. The second-order valence-electron chi connectivity index (χ2n) is 1.92. The summed E-state index contributed by atoms with van der Waals surface area (Å²) >= 11 is 0. The Hall–Kier alpha value is -0.683. The SMILES string of the molecule is O[Si](O)(O)c1cc[c]cc1. The summed E-state index contributed by atoms with van der Waals surface area (Å²) in [7, 11) is -4.05. The van der Waals surface area contributed by atoms with Crippen molar-refractivity contribution < 1.29 is 14.4 Å². The van der Waals surface area contributed by atoms with Crippen LogP contribution in [0.4, 0.5) is 0 Å². The van der Waals surface area contributed by atoms with Crippen molar-refractivity contribution in [3.05, 3.63) is 30.3 Å². The van der Waals surface area contributed by atoms with Crippen LogP contribution in [0.1, 0.15) is 0 Å². The molecule has 1 aromatic rings. The van der Waals surface area contributed by atoms with Crippen LogP contribution in [-0.2, 0) is 0 Å². The fourth-order valence-corrected chi connectivity index (χ4v) is 1.22. The highest BCUT2D eigenvalue weighted by atomic mass is 28.4. The van der Waals surface area contributed by atoms with Gasteiger partial charge in [0.1, 0.15) is 0 Å². The van der Waals surface area contributed by atoms with Gasteiger partial charge in [-0.3, -0.25) is 0 Å². The van der Waals surface area contributed by atoms with Crippen LogP contribution in [0.5, 0.6) is 0 Å². The average molecular weight is 155 g/mol. The lowest BCUT2D eigenvalue weighted by atomic mass is 10.4. The van der Waals surface area contributed by atoms with Crippen LogP contribution in [0.2, 0.25) is 0 Å². The zero-order valence-electron chi connectivity index (χ0n) is 5.15. The van der Waals surface area contributed by atoms with Gasteiger partial charge in [0.05, 0.1) is 0 Å². The summed E-state index contributed by atoms with van der Waals surface area (Å²) in [5.74, 6) is 0. The summed E-state index contributed by atoms with van der Waals surface area (Å²) in [6.07, 6.45) is 0. The molecule has 0 heterocycles. The van der Waals surface area contributed by atoms with Crippen LogP contribution in [0, 0.1) is 6.07 Å². The van der Waals surface area contributed by atoms with Crippen LogP contribution < -0.4 is 5.19 Å². The third-order valence-electron chi connectivity index (χ3n) is 1.11. The van der Waals surface area contributed by atoms with Crippen molar-refractivity contribution in [1.29, 1.82) is 0 Å². The molecule has 0 aliphatic rings. The van der Waals surface area contributed by atoms with Crippen LogP contribution in [0.3, 0.4) is 0 Å². The van der Waals surface area contributed by atoms with Crippen molar-refractivity contribution in [2.45, 2.75) is 0 Å². The number of hydrogen-bond acceptors (Lipinski definition) is 3. The van der Waals surface area contributed by atoms with Gasteiger partial charge in [0, 0.05) is 5.19 Å². The first kappa shape index (κ1) is 7.42. The molecule has 1 radical (unpaired) electrons. The van der Waals surface area contributed by atoms with Gasteiger partial charge in [-0.1, -0.05) is 24.3 Å². The highest BCUT2D eigenvalue weighted by Crippen LogP contribution is 1.89. The van der Waals surface area contributed by atoms with Crippen LogP contribution in [0.15, 0.2) is 24.3 Å². The second-order valence-corrected chi connectivity index (χ2v) is 3.77. The van der Waals surface area contributed by atoms with E-state index in [1.165, 1.54) is 24.3 Å². The zero-order valence-corrected chi connectivity index (χ0v) is 6.15. The third kappa shape index (κ3) is 1.65. The van der Waals surface area contributed by atoms with Crippen molar-refractivity contribution in [2.24, 2.45) is 0 Å². The van der Waals surface area contributed by atoms with Crippen molar-refractivity contribution >= 4 is 14.0 Å². The van der Waals surface area contributed by atoms with E-state index >= 15 is 0 Å². The average Bonchev–Trinajstić information content (AvgIpc) is 1.88. The Morgan fingerprint density at radius 1 is 1.10 bits per heavy atom. The predicted octanol–water partition coefficient (Wildman–Crippen LogP) is -1.39. The quantitative estimate of drug-likeness (QED) is 0.438. The molecule has 0 spiro atoms. The van der Waals surface area contributed by atoms with E-state index in [4.69, 9.17) is 14.4 Å². The highest BCUT2D eigenvalue weighted by molar-refractivity contribution is 6.71. The standard InChI is InChI=1S/C6H7O3Si/c7-10(8,9)6-4-2-1-3-5-6/h2-5,7-9H. The molecule has 3 nitrogen and oxygen atoms in total. The molecule has 10 heavy (non-hydrogen) atoms. The molecule has 0 bridgehead atoms. The lowest BCUT2D eigenvalue weighted by Gasteiger charge is -2.07. The van der Waals surface area contributed by atoms with Gasteiger partial charge < -0.3 is 14.4 Å². The molecular formula is C6H7O3Si. The molecule has 0 aliphatic heterocycles. The van der Waals surface area contributed by atoms with Gasteiger partial charge >= 0.3 is 8.80 Å². The maximum atomic E-state index is 8.73. The molecule has 0 unspecified atom stereocenters. The molecule has 0 saturated heterocycles. The molecular weight excluding hydrogens is 148 g/mol. The van der Waals surface area contributed by atoms with Gasteiger partial charge in [0.2, 0.25) is 0 Å². The van der Waals surface area contributed by atoms with E-state index in [-0.39, 0.29) is 5.19 Å². The van der Waals surface area contributed by atoms with Crippen molar-refractivity contribution in [2.75, 3.05) is 0 Å². The maximum absolute atomic E-state index is 8.73. The molecule has 4 heteroatoms. The van der Waals surface area contributed by atoms with Gasteiger partial charge in [-0.05, 0) is 6.07 Å². The lowest BCUT2D eigenvalue weighted by molar-refractivity contribution is 0.250. The Morgan fingerprint density at radius 3 is 1.90 bits per heavy atom. The van der Waals surface area contributed by atoms with Gasteiger partial charge in [-0.25, -0.2) is 0 Å². The molecule has 1 aromatic carbocycles. The molecule has 0 fully saturated rings.